The van der Waals surface area contributed by atoms with Gasteiger partial charge in [-0.05, 0) is 5.56 Å². The van der Waals surface area contributed by atoms with Gasteiger partial charge in [-0.15, -0.1) is 0 Å². The van der Waals surface area contributed by atoms with E-state index in [2.05, 4.69) is 24.8 Å². The molecule has 0 radical (unpaired) electrons. The van der Waals surface area contributed by atoms with Crippen molar-refractivity contribution in [3.05, 3.63) is 65.3 Å². The number of aliphatic carboxylic acids is 1. The summed E-state index contributed by atoms with van der Waals surface area (Å²) in [6.07, 6.45) is -9.38. The third-order valence-electron chi connectivity index (χ3n) is 4.18. The van der Waals surface area contributed by atoms with Crippen molar-refractivity contribution in [3.8, 4) is 11.5 Å². The van der Waals surface area contributed by atoms with Crippen molar-refractivity contribution in [1.82, 2.24) is 9.97 Å². The number of hydrogen-bond acceptors (Lipinski definition) is 7. The van der Waals surface area contributed by atoms with Gasteiger partial charge in [0.15, 0.2) is 18.4 Å². The zero-order valence-corrected chi connectivity index (χ0v) is 19.9. The quantitative estimate of drug-likeness (QED) is 0.121. The van der Waals surface area contributed by atoms with E-state index < -0.39 is 48.3 Å². The van der Waals surface area contributed by atoms with E-state index in [1.165, 1.54) is 6.07 Å². The van der Waals surface area contributed by atoms with E-state index in [-0.39, 0.29) is 21.8 Å². The molecule has 0 amide bonds. The lowest BCUT2D eigenvalue weighted by atomic mass is 10.1. The summed E-state index contributed by atoms with van der Waals surface area (Å²) in [5.74, 6) is -2.04. The maximum atomic E-state index is 12.6. The van der Waals surface area contributed by atoms with Crippen molar-refractivity contribution in [2.45, 2.75) is 22.8 Å². The number of carbonyl (C=O) groups is 1. The summed E-state index contributed by atoms with van der Waals surface area (Å²) in [4.78, 5) is 19.9. The Labute approximate surface area is 214 Å². The van der Waals surface area contributed by atoms with E-state index in [0.29, 0.717) is 5.56 Å². The van der Waals surface area contributed by atoms with Gasteiger partial charge in [0.05, 0.1) is 0 Å². The first-order valence-corrected chi connectivity index (χ1v) is 11.3. The number of nitrogens with zero attached hydrogens (tertiary/aromatic N) is 2. The largest absolute Gasteiger partial charge is 0.484 e. The number of alkyl halides is 6. The molecule has 1 aromatic heterocycles. The summed E-state index contributed by atoms with van der Waals surface area (Å²) in [6, 6.07) is 12.5. The number of carboxylic acid groups (broad SMARTS) is 1. The van der Waals surface area contributed by atoms with Crippen molar-refractivity contribution >= 4 is 40.8 Å². The van der Waals surface area contributed by atoms with Crippen molar-refractivity contribution in [2.24, 2.45) is 0 Å². The molecule has 0 saturated heterocycles. The molecule has 7 nitrogen and oxygen atoms in total. The fourth-order valence-corrected chi connectivity index (χ4v) is 3.94. The Balaban J connectivity index is 1.87. The Morgan fingerprint density at radius 3 is 2.03 bits per heavy atom. The third-order valence-corrected chi connectivity index (χ3v) is 5.48. The highest BCUT2D eigenvalue weighted by molar-refractivity contribution is 8.00. The number of nitrogens with one attached hydrogen (secondary N) is 1. The van der Waals surface area contributed by atoms with E-state index >= 15 is 0 Å². The Kier molecular flexibility index (Phi) is 8.97. The number of benzene rings is 2. The van der Waals surface area contributed by atoms with Gasteiger partial charge in [0.25, 0.3) is 0 Å². The normalized spacial score (nSPS) is 12.6. The van der Waals surface area contributed by atoms with Gasteiger partial charge < -0.3 is 19.9 Å². The zero-order valence-electron chi connectivity index (χ0n) is 18.3. The second kappa shape index (κ2) is 11.8. The maximum absolute atomic E-state index is 12.6. The summed E-state index contributed by atoms with van der Waals surface area (Å²) in [5.41, 5.74) is 0.416. The lowest BCUT2D eigenvalue weighted by Crippen LogP contribution is -2.20. The topological polar surface area (TPSA) is 93.6 Å². The molecule has 0 aliphatic carbocycles. The smallest absolute Gasteiger partial charge is 0.422 e. The molecule has 3 aromatic rings. The van der Waals surface area contributed by atoms with Gasteiger partial charge in [0, 0.05) is 30.0 Å². The number of ether oxygens (including phenoxy) is 2. The van der Waals surface area contributed by atoms with Gasteiger partial charge in [-0.1, -0.05) is 53.7 Å². The monoisotopic (exact) mass is 567 g/mol. The van der Waals surface area contributed by atoms with E-state index in [4.69, 9.17) is 11.6 Å². The summed E-state index contributed by atoms with van der Waals surface area (Å²) in [5, 5.41) is 11.1. The molecule has 0 aliphatic heterocycles. The Morgan fingerprint density at radius 1 is 0.946 bits per heavy atom. The van der Waals surface area contributed by atoms with Gasteiger partial charge in [-0.25, -0.2) is 9.97 Å². The van der Waals surface area contributed by atoms with E-state index in [0.717, 1.165) is 30.0 Å². The lowest BCUT2D eigenvalue weighted by Gasteiger charge is -2.16. The van der Waals surface area contributed by atoms with Crippen molar-refractivity contribution in [1.29, 1.82) is 0 Å². The van der Waals surface area contributed by atoms with Gasteiger partial charge >= 0.3 is 18.3 Å². The summed E-state index contributed by atoms with van der Waals surface area (Å²) < 4.78 is 84.7. The van der Waals surface area contributed by atoms with Gasteiger partial charge in [0.2, 0.25) is 0 Å². The Morgan fingerprint density at radius 2 is 1.51 bits per heavy atom. The SMILES string of the molecule is O=C(O)C(Sc1nc(Cl)cc(Nc2cc(OCC(F)(F)F)cc(OCC(F)(F)F)c2)n1)c1ccccc1. The molecular weight excluding hydrogens is 552 g/mol. The van der Waals surface area contributed by atoms with Gasteiger partial charge in [-0.3, -0.25) is 4.79 Å². The van der Waals surface area contributed by atoms with Crippen LogP contribution in [0.1, 0.15) is 10.8 Å². The molecule has 0 saturated carbocycles. The predicted molar refractivity (Wildman–Crippen MR) is 123 cm³/mol. The van der Waals surface area contributed by atoms with Crippen molar-refractivity contribution < 1.29 is 45.7 Å². The molecule has 37 heavy (non-hydrogen) atoms. The number of halogens is 7. The predicted octanol–water partition coefficient (Wildman–Crippen LogP) is 6.67. The minimum Gasteiger partial charge on any atom is -0.484 e. The third kappa shape index (κ3) is 9.53. The first kappa shape index (κ1) is 28.2. The van der Waals surface area contributed by atoms with Crippen LogP contribution in [0.15, 0.2) is 59.8 Å². The molecule has 1 atom stereocenters. The van der Waals surface area contributed by atoms with Crippen LogP contribution in [0.25, 0.3) is 0 Å². The molecular formula is C22H16ClF6N3O4S. The maximum Gasteiger partial charge on any atom is 0.422 e. The first-order chi connectivity index (χ1) is 17.3. The average molecular weight is 568 g/mol. The first-order valence-electron chi connectivity index (χ1n) is 10.1. The molecule has 0 bridgehead atoms. The van der Waals surface area contributed by atoms with Crippen LogP contribution in [0.3, 0.4) is 0 Å². The Hall–Kier alpha value is -3.39. The van der Waals surface area contributed by atoms with Crippen LogP contribution in [-0.2, 0) is 4.79 Å². The molecule has 15 heteroatoms. The molecule has 2 aromatic carbocycles. The zero-order chi connectivity index (χ0) is 27.2. The highest BCUT2D eigenvalue weighted by Crippen LogP contribution is 2.36. The van der Waals surface area contributed by atoms with Crippen LogP contribution in [0.2, 0.25) is 5.15 Å². The van der Waals surface area contributed by atoms with Crippen LogP contribution in [-0.4, -0.2) is 46.6 Å². The molecule has 3 rings (SSSR count). The number of anilines is 2. The van der Waals surface area contributed by atoms with Crippen LogP contribution in [0, 0.1) is 0 Å². The summed E-state index contributed by atoms with van der Waals surface area (Å²) in [6.45, 7) is -3.38. The number of hydrogen-bond donors (Lipinski definition) is 2. The summed E-state index contributed by atoms with van der Waals surface area (Å²) >= 11 is 6.81. The van der Waals surface area contributed by atoms with E-state index in [9.17, 15) is 36.2 Å². The number of thioether (sulfide) groups is 1. The molecule has 0 fully saturated rings. The molecule has 0 aliphatic rings. The van der Waals surface area contributed by atoms with Crippen LogP contribution >= 0.6 is 23.4 Å². The van der Waals surface area contributed by atoms with Crippen LogP contribution in [0.4, 0.5) is 37.8 Å². The fourth-order valence-electron chi connectivity index (χ4n) is 2.80. The molecule has 2 N–H and O–H groups in total. The minimum atomic E-state index is -4.69. The van der Waals surface area contributed by atoms with Crippen LogP contribution in [0.5, 0.6) is 11.5 Å². The van der Waals surface area contributed by atoms with Gasteiger partial charge in [-0.2, -0.15) is 26.3 Å². The van der Waals surface area contributed by atoms with E-state index in [1.54, 1.807) is 30.3 Å². The second-order valence-electron chi connectivity index (χ2n) is 7.23. The average Bonchev–Trinajstić information content (AvgIpc) is 2.79. The second-order valence-corrected chi connectivity index (χ2v) is 8.69. The molecule has 0 spiro atoms. The Bertz CT molecular complexity index is 1200. The fraction of sp³-hybridized carbons (Fsp3) is 0.227. The highest BCUT2D eigenvalue weighted by atomic mass is 35.5. The summed E-state index contributed by atoms with van der Waals surface area (Å²) in [7, 11) is 0. The van der Waals surface area contributed by atoms with Crippen molar-refractivity contribution in [2.75, 3.05) is 18.5 Å². The van der Waals surface area contributed by atoms with Gasteiger partial charge in [0.1, 0.15) is 27.7 Å². The lowest BCUT2D eigenvalue weighted by molar-refractivity contribution is -0.154. The molecule has 1 unspecified atom stereocenters. The molecule has 198 valence electrons. The number of aromatic nitrogens is 2. The minimum absolute atomic E-state index is 0.0190. The number of rotatable bonds is 10. The van der Waals surface area contributed by atoms with E-state index in [1.807, 2.05) is 0 Å². The van der Waals surface area contributed by atoms with Crippen LogP contribution < -0.4 is 14.8 Å². The van der Waals surface area contributed by atoms with Crippen molar-refractivity contribution in [3.63, 3.8) is 0 Å². The highest BCUT2D eigenvalue weighted by Gasteiger charge is 2.30. The number of carboxylic acids is 1. The standard InChI is InChI=1S/C22H16ClF6N3O4S/c23-16-9-17(32-20(31-16)37-18(19(33)34)12-4-2-1-3-5-12)30-13-6-14(35-10-21(24,25)26)8-15(7-13)36-11-22(27,28)29/h1-9,18H,10-11H2,(H,33,34)(H,30,31,32). The molecule has 1 heterocycles.